The summed E-state index contributed by atoms with van der Waals surface area (Å²) in [7, 11) is 0. The van der Waals surface area contributed by atoms with Gasteiger partial charge >= 0.3 is 5.97 Å². The van der Waals surface area contributed by atoms with Gasteiger partial charge in [0.1, 0.15) is 0 Å². The van der Waals surface area contributed by atoms with Crippen molar-refractivity contribution in [3.8, 4) is 0 Å². The third-order valence-corrected chi connectivity index (χ3v) is 5.25. The Hall–Kier alpha value is -1.84. The lowest BCUT2D eigenvalue weighted by molar-refractivity contribution is 0.0525. The van der Waals surface area contributed by atoms with E-state index in [0.29, 0.717) is 22.2 Å². The molecular weight excluding hydrogens is 369 g/mol. The maximum Gasteiger partial charge on any atom is 0.338 e. The van der Waals surface area contributed by atoms with Gasteiger partial charge in [0, 0.05) is 21.7 Å². The molecule has 1 aliphatic heterocycles. The van der Waals surface area contributed by atoms with Gasteiger partial charge in [0.2, 0.25) is 0 Å². The Bertz CT molecular complexity index is 858. The molecule has 3 rings (SSSR count). The summed E-state index contributed by atoms with van der Waals surface area (Å²) in [5, 5.41) is 1.25. The van der Waals surface area contributed by atoms with Gasteiger partial charge in [-0.25, -0.2) is 4.79 Å². The number of halogens is 2. The molecule has 0 saturated heterocycles. The Labute approximate surface area is 164 Å². The Balaban J connectivity index is 1.84. The topological polar surface area (TPSA) is 38.7 Å². The van der Waals surface area contributed by atoms with Crippen LogP contribution in [0.25, 0.3) is 0 Å². The highest BCUT2D eigenvalue weighted by molar-refractivity contribution is 6.34. The normalized spacial score (nSPS) is 21.8. The number of hydrogen-bond donors (Lipinski definition) is 0. The summed E-state index contributed by atoms with van der Waals surface area (Å²) in [6, 6.07) is 11.4. The summed E-state index contributed by atoms with van der Waals surface area (Å²) in [4.78, 5) is 16.7. The first kappa shape index (κ1) is 18.9. The second-order valence-corrected chi connectivity index (χ2v) is 7.74. The van der Waals surface area contributed by atoms with Crippen molar-refractivity contribution >= 4 is 35.4 Å². The van der Waals surface area contributed by atoms with Crippen molar-refractivity contribution in [1.29, 1.82) is 0 Å². The predicted octanol–water partition coefficient (Wildman–Crippen LogP) is 5.95. The standard InChI is InChI=1S/C21H21Cl2NO2/c1-4-26-20(25)18-6-5-14(7-13(18)2)19-11-21(3,12-24-19)15-8-16(22)10-17(23)9-15/h5-10,12,19H,4,11H2,1-3H3. The molecular formula is C21H21Cl2NO2. The van der Waals surface area contributed by atoms with Crippen LogP contribution in [0.1, 0.15) is 53.4 Å². The Morgan fingerprint density at radius 1 is 1.23 bits per heavy atom. The Kier molecular flexibility index (Phi) is 5.40. The highest BCUT2D eigenvalue weighted by Gasteiger charge is 2.34. The van der Waals surface area contributed by atoms with Crippen molar-refractivity contribution in [3.05, 3.63) is 68.7 Å². The number of esters is 1. The van der Waals surface area contributed by atoms with Crippen molar-refractivity contribution < 1.29 is 9.53 Å². The van der Waals surface area contributed by atoms with Gasteiger partial charge < -0.3 is 4.74 Å². The maximum absolute atomic E-state index is 12.0. The fourth-order valence-corrected chi connectivity index (χ4v) is 3.90. The molecule has 2 aromatic rings. The summed E-state index contributed by atoms with van der Waals surface area (Å²) in [6.07, 6.45) is 2.80. The summed E-state index contributed by atoms with van der Waals surface area (Å²) in [5.41, 5.74) is 3.41. The van der Waals surface area contributed by atoms with Crippen LogP contribution in [0.3, 0.4) is 0 Å². The van der Waals surface area contributed by atoms with Gasteiger partial charge in [0.25, 0.3) is 0 Å². The van der Waals surface area contributed by atoms with Gasteiger partial charge in [0.15, 0.2) is 0 Å². The Morgan fingerprint density at radius 3 is 2.54 bits per heavy atom. The minimum absolute atomic E-state index is 0.0349. The lowest BCUT2D eigenvalue weighted by atomic mass is 9.79. The molecule has 0 aliphatic carbocycles. The van der Waals surface area contributed by atoms with Gasteiger partial charge in [-0.2, -0.15) is 0 Å². The van der Waals surface area contributed by atoms with Crippen molar-refractivity contribution in [2.75, 3.05) is 6.61 Å². The molecule has 2 unspecified atom stereocenters. The minimum atomic E-state index is -0.287. The zero-order valence-electron chi connectivity index (χ0n) is 15.1. The molecule has 0 N–H and O–H groups in total. The van der Waals surface area contributed by atoms with E-state index >= 15 is 0 Å². The fourth-order valence-electron chi connectivity index (χ4n) is 3.37. The zero-order valence-corrected chi connectivity index (χ0v) is 16.6. The smallest absolute Gasteiger partial charge is 0.338 e. The van der Waals surface area contributed by atoms with Crippen molar-refractivity contribution in [2.45, 2.75) is 38.6 Å². The number of aryl methyl sites for hydroxylation is 1. The number of carbonyl (C=O) groups excluding carboxylic acids is 1. The number of hydrogen-bond acceptors (Lipinski definition) is 3. The second-order valence-electron chi connectivity index (χ2n) is 6.87. The van der Waals surface area contributed by atoms with E-state index in [1.807, 2.05) is 43.5 Å². The van der Waals surface area contributed by atoms with Gasteiger partial charge in [-0.05, 0) is 61.2 Å². The summed E-state index contributed by atoms with van der Waals surface area (Å²) in [5.74, 6) is -0.287. The molecule has 1 aliphatic rings. The summed E-state index contributed by atoms with van der Waals surface area (Å²) >= 11 is 12.3. The highest BCUT2D eigenvalue weighted by Crippen LogP contribution is 2.41. The van der Waals surface area contributed by atoms with E-state index in [1.165, 1.54) is 0 Å². The second kappa shape index (κ2) is 7.42. The third kappa shape index (κ3) is 3.79. The fraction of sp³-hybridized carbons (Fsp3) is 0.333. The first-order chi connectivity index (χ1) is 12.3. The molecule has 1 heterocycles. The molecule has 0 radical (unpaired) electrons. The molecule has 0 fully saturated rings. The van der Waals surface area contributed by atoms with Gasteiger partial charge in [0.05, 0.1) is 18.2 Å². The predicted molar refractivity (Wildman–Crippen MR) is 107 cm³/mol. The van der Waals surface area contributed by atoms with Crippen LogP contribution in [0.2, 0.25) is 10.0 Å². The zero-order chi connectivity index (χ0) is 18.9. The molecule has 0 bridgehead atoms. The van der Waals surface area contributed by atoms with Crippen LogP contribution in [-0.4, -0.2) is 18.8 Å². The Morgan fingerprint density at radius 2 is 1.92 bits per heavy atom. The van der Waals surface area contributed by atoms with Crippen LogP contribution in [0.15, 0.2) is 41.4 Å². The molecule has 0 saturated carbocycles. The maximum atomic E-state index is 12.0. The number of ether oxygens (including phenoxy) is 1. The third-order valence-electron chi connectivity index (χ3n) is 4.81. The van der Waals surface area contributed by atoms with E-state index in [2.05, 4.69) is 6.92 Å². The number of nitrogens with zero attached hydrogens (tertiary/aromatic N) is 1. The quantitative estimate of drug-likeness (QED) is 0.605. The van der Waals surface area contributed by atoms with Crippen molar-refractivity contribution in [3.63, 3.8) is 0 Å². The van der Waals surface area contributed by atoms with Crippen LogP contribution in [0.5, 0.6) is 0 Å². The van der Waals surface area contributed by atoms with E-state index in [4.69, 9.17) is 32.9 Å². The van der Waals surface area contributed by atoms with Crippen molar-refractivity contribution in [1.82, 2.24) is 0 Å². The molecule has 26 heavy (non-hydrogen) atoms. The van der Waals surface area contributed by atoms with Crippen LogP contribution < -0.4 is 0 Å². The first-order valence-electron chi connectivity index (χ1n) is 8.61. The molecule has 3 nitrogen and oxygen atoms in total. The molecule has 2 atom stereocenters. The molecule has 0 aromatic heterocycles. The number of benzene rings is 2. The SMILES string of the molecule is CCOC(=O)c1ccc(C2CC(C)(c3cc(Cl)cc(Cl)c3)C=N2)cc1C. The van der Waals surface area contributed by atoms with Crippen molar-refractivity contribution in [2.24, 2.45) is 4.99 Å². The number of aliphatic imine (C=N–C) groups is 1. The summed E-state index contributed by atoms with van der Waals surface area (Å²) in [6.45, 7) is 6.23. The lowest BCUT2D eigenvalue weighted by Gasteiger charge is -2.23. The lowest BCUT2D eigenvalue weighted by Crippen LogP contribution is -2.21. The van der Waals surface area contributed by atoms with Crippen LogP contribution in [-0.2, 0) is 10.2 Å². The monoisotopic (exact) mass is 389 g/mol. The molecule has 136 valence electrons. The first-order valence-corrected chi connectivity index (χ1v) is 9.36. The van der Waals surface area contributed by atoms with Crippen LogP contribution in [0, 0.1) is 6.92 Å². The minimum Gasteiger partial charge on any atom is -0.462 e. The molecule has 0 amide bonds. The van der Waals surface area contributed by atoms with E-state index in [1.54, 1.807) is 13.0 Å². The average molecular weight is 390 g/mol. The van der Waals surface area contributed by atoms with Gasteiger partial charge in [-0.1, -0.05) is 42.3 Å². The highest BCUT2D eigenvalue weighted by atomic mass is 35.5. The van der Waals surface area contributed by atoms with Crippen LogP contribution in [0.4, 0.5) is 0 Å². The largest absolute Gasteiger partial charge is 0.462 e. The van der Waals surface area contributed by atoms with Crippen LogP contribution >= 0.6 is 23.2 Å². The summed E-state index contributed by atoms with van der Waals surface area (Å²) < 4.78 is 5.09. The van der Waals surface area contributed by atoms with E-state index < -0.39 is 0 Å². The molecule has 2 aromatic carbocycles. The average Bonchev–Trinajstić information content (AvgIpc) is 2.98. The van der Waals surface area contributed by atoms with Gasteiger partial charge in [-0.15, -0.1) is 0 Å². The van der Waals surface area contributed by atoms with E-state index in [0.717, 1.165) is 23.1 Å². The number of carbonyl (C=O) groups is 1. The van der Waals surface area contributed by atoms with E-state index in [-0.39, 0.29) is 17.4 Å². The molecule has 0 spiro atoms. The van der Waals surface area contributed by atoms with Gasteiger partial charge in [-0.3, -0.25) is 4.99 Å². The molecule has 5 heteroatoms. The number of rotatable bonds is 4. The van der Waals surface area contributed by atoms with E-state index in [9.17, 15) is 4.79 Å².